The molecule has 0 saturated heterocycles. The predicted octanol–water partition coefficient (Wildman–Crippen LogP) is 3.93. The van der Waals surface area contributed by atoms with Gasteiger partial charge < -0.3 is 4.90 Å². The van der Waals surface area contributed by atoms with Crippen molar-refractivity contribution in [2.24, 2.45) is 0 Å². The van der Waals surface area contributed by atoms with Crippen molar-refractivity contribution in [3.63, 3.8) is 0 Å². The number of rotatable bonds is 5. The molecule has 0 aliphatic carbocycles. The molecule has 0 spiro atoms. The van der Waals surface area contributed by atoms with Crippen molar-refractivity contribution in [3.05, 3.63) is 69.2 Å². The van der Waals surface area contributed by atoms with Crippen LogP contribution in [-0.2, 0) is 6.42 Å². The van der Waals surface area contributed by atoms with Gasteiger partial charge in [0.15, 0.2) is 0 Å². The Bertz CT molecular complexity index is 602. The van der Waals surface area contributed by atoms with Crippen molar-refractivity contribution >= 4 is 23.0 Å². The predicted molar refractivity (Wildman–Crippen MR) is 81.5 cm³/mol. The summed E-state index contributed by atoms with van der Waals surface area (Å²) in [5.41, 5.74) is 1.70. The first-order valence-corrected chi connectivity index (χ1v) is 6.65. The molecule has 0 heterocycles. The van der Waals surface area contributed by atoms with E-state index in [1.54, 1.807) is 12.1 Å². The van der Waals surface area contributed by atoms with Crippen LogP contribution in [0.2, 0.25) is 5.02 Å². The second-order valence-corrected chi connectivity index (χ2v) is 4.93. The molecule has 4 nitrogen and oxygen atoms in total. The number of nitrogens with zero attached hydrogens (tertiary/aromatic N) is 2. The first-order valence-electron chi connectivity index (χ1n) is 6.27. The molecule has 0 bridgehead atoms. The maximum absolute atomic E-state index is 11.1. The normalized spacial score (nSPS) is 10.3. The summed E-state index contributed by atoms with van der Waals surface area (Å²) in [7, 11) is 1.83. The molecule has 0 aromatic heterocycles. The van der Waals surface area contributed by atoms with Gasteiger partial charge in [0.2, 0.25) is 0 Å². The summed E-state index contributed by atoms with van der Waals surface area (Å²) < 4.78 is 0. The molecule has 20 heavy (non-hydrogen) atoms. The molecule has 0 radical (unpaired) electrons. The maximum atomic E-state index is 11.1. The number of anilines is 1. The summed E-state index contributed by atoms with van der Waals surface area (Å²) >= 11 is 5.92. The van der Waals surface area contributed by atoms with E-state index in [1.807, 2.05) is 42.3 Å². The van der Waals surface area contributed by atoms with E-state index in [-0.39, 0.29) is 10.7 Å². The summed E-state index contributed by atoms with van der Waals surface area (Å²) in [6.45, 7) is 0.686. The van der Waals surface area contributed by atoms with Gasteiger partial charge in [0.25, 0.3) is 0 Å². The van der Waals surface area contributed by atoms with E-state index >= 15 is 0 Å². The molecule has 0 unspecified atom stereocenters. The number of nitro groups is 1. The molecule has 0 atom stereocenters. The van der Waals surface area contributed by atoms with Crippen LogP contribution in [0.15, 0.2) is 48.5 Å². The van der Waals surface area contributed by atoms with Crippen molar-refractivity contribution in [1.82, 2.24) is 0 Å². The average Bonchev–Trinajstić information content (AvgIpc) is 2.45. The van der Waals surface area contributed by atoms with Gasteiger partial charge in [0.1, 0.15) is 10.7 Å². The SMILES string of the molecule is CN(CCc1ccccc1)c1cccc(Cl)c1[N+](=O)[O-]. The highest BCUT2D eigenvalue weighted by atomic mass is 35.5. The first kappa shape index (κ1) is 14.3. The van der Waals surface area contributed by atoms with Gasteiger partial charge in [-0.3, -0.25) is 10.1 Å². The second-order valence-electron chi connectivity index (χ2n) is 4.52. The van der Waals surface area contributed by atoms with Crippen LogP contribution < -0.4 is 4.90 Å². The van der Waals surface area contributed by atoms with Crippen LogP contribution in [-0.4, -0.2) is 18.5 Å². The Morgan fingerprint density at radius 1 is 1.15 bits per heavy atom. The highest BCUT2D eigenvalue weighted by molar-refractivity contribution is 6.33. The molecule has 0 N–H and O–H groups in total. The molecule has 2 aromatic rings. The van der Waals surface area contributed by atoms with Gasteiger partial charge in [-0.2, -0.15) is 0 Å². The second kappa shape index (κ2) is 6.39. The molecule has 0 fully saturated rings. The van der Waals surface area contributed by atoms with Gasteiger partial charge in [-0.15, -0.1) is 0 Å². The molecule has 104 valence electrons. The number of hydrogen-bond acceptors (Lipinski definition) is 3. The Hall–Kier alpha value is -2.07. The number of nitro benzene ring substituents is 1. The molecule has 2 rings (SSSR count). The molecule has 0 aliphatic heterocycles. The zero-order valence-electron chi connectivity index (χ0n) is 11.1. The van der Waals surface area contributed by atoms with Gasteiger partial charge >= 0.3 is 5.69 Å². The Morgan fingerprint density at radius 2 is 1.85 bits per heavy atom. The van der Waals surface area contributed by atoms with Gasteiger partial charge in [0.05, 0.1) is 4.92 Å². The monoisotopic (exact) mass is 290 g/mol. The smallest absolute Gasteiger partial charge is 0.310 e. The highest BCUT2D eigenvalue weighted by Crippen LogP contribution is 2.34. The van der Waals surface area contributed by atoms with E-state index in [0.29, 0.717) is 12.2 Å². The Labute approximate surface area is 122 Å². The van der Waals surface area contributed by atoms with Crippen molar-refractivity contribution in [2.75, 3.05) is 18.5 Å². The minimum Gasteiger partial charge on any atom is -0.369 e. The van der Waals surface area contributed by atoms with Crippen molar-refractivity contribution in [3.8, 4) is 0 Å². The quantitative estimate of drug-likeness (QED) is 0.619. The number of likely N-dealkylation sites (N-methyl/N-ethyl adjacent to an activating group) is 1. The zero-order valence-corrected chi connectivity index (χ0v) is 11.9. The van der Waals surface area contributed by atoms with Crippen LogP contribution in [0.3, 0.4) is 0 Å². The summed E-state index contributed by atoms with van der Waals surface area (Å²) in [5.74, 6) is 0. The van der Waals surface area contributed by atoms with E-state index in [9.17, 15) is 10.1 Å². The Balaban J connectivity index is 2.15. The van der Waals surface area contributed by atoms with Crippen LogP contribution in [0.25, 0.3) is 0 Å². The van der Waals surface area contributed by atoms with E-state index in [1.165, 1.54) is 11.6 Å². The van der Waals surface area contributed by atoms with Crippen LogP contribution in [0.1, 0.15) is 5.56 Å². The lowest BCUT2D eigenvalue weighted by molar-refractivity contribution is -0.384. The van der Waals surface area contributed by atoms with Crippen molar-refractivity contribution in [2.45, 2.75) is 6.42 Å². The van der Waals surface area contributed by atoms with Crippen LogP contribution in [0, 0.1) is 10.1 Å². The van der Waals surface area contributed by atoms with E-state index in [4.69, 9.17) is 11.6 Å². The van der Waals surface area contributed by atoms with Gasteiger partial charge in [-0.05, 0) is 24.1 Å². The largest absolute Gasteiger partial charge is 0.369 e. The minimum atomic E-state index is -0.434. The molecule has 5 heteroatoms. The van der Waals surface area contributed by atoms with E-state index < -0.39 is 4.92 Å². The van der Waals surface area contributed by atoms with Crippen LogP contribution in [0.5, 0.6) is 0 Å². The minimum absolute atomic E-state index is 0.0373. The number of benzene rings is 2. The van der Waals surface area contributed by atoms with Gasteiger partial charge in [-0.1, -0.05) is 48.0 Å². The maximum Gasteiger partial charge on any atom is 0.310 e. The number of para-hydroxylation sites is 1. The third kappa shape index (κ3) is 3.27. The van der Waals surface area contributed by atoms with Crippen LogP contribution >= 0.6 is 11.6 Å². The topological polar surface area (TPSA) is 46.4 Å². The lowest BCUT2D eigenvalue weighted by atomic mass is 10.1. The average molecular weight is 291 g/mol. The standard InChI is InChI=1S/C15H15ClN2O2/c1-17(11-10-12-6-3-2-4-7-12)14-9-5-8-13(16)15(14)18(19)20/h2-9H,10-11H2,1H3. The molecule has 2 aromatic carbocycles. The van der Waals surface area contributed by atoms with Gasteiger partial charge in [-0.25, -0.2) is 0 Å². The zero-order chi connectivity index (χ0) is 14.5. The molecule has 0 aliphatic rings. The Morgan fingerprint density at radius 3 is 2.50 bits per heavy atom. The van der Waals surface area contributed by atoms with E-state index in [0.717, 1.165) is 6.42 Å². The fourth-order valence-corrected chi connectivity index (χ4v) is 2.29. The first-order chi connectivity index (χ1) is 9.59. The third-order valence-corrected chi connectivity index (χ3v) is 3.44. The lowest BCUT2D eigenvalue weighted by Crippen LogP contribution is -2.21. The highest BCUT2D eigenvalue weighted by Gasteiger charge is 2.20. The summed E-state index contributed by atoms with van der Waals surface area (Å²) in [6, 6.07) is 15.0. The molecular formula is C15H15ClN2O2. The fraction of sp³-hybridized carbons (Fsp3) is 0.200. The Kier molecular flexibility index (Phi) is 4.58. The molecular weight excluding hydrogens is 276 g/mol. The molecule has 0 saturated carbocycles. The van der Waals surface area contributed by atoms with E-state index in [2.05, 4.69) is 0 Å². The van der Waals surface area contributed by atoms with Crippen molar-refractivity contribution < 1.29 is 4.92 Å². The summed E-state index contributed by atoms with van der Waals surface area (Å²) in [4.78, 5) is 12.5. The number of halogens is 1. The fourth-order valence-electron chi connectivity index (χ4n) is 2.05. The van der Waals surface area contributed by atoms with Gasteiger partial charge in [0, 0.05) is 13.6 Å². The number of hydrogen-bond donors (Lipinski definition) is 0. The summed E-state index contributed by atoms with van der Waals surface area (Å²) in [5, 5.41) is 11.3. The third-order valence-electron chi connectivity index (χ3n) is 3.14. The molecule has 0 amide bonds. The van der Waals surface area contributed by atoms with Crippen molar-refractivity contribution in [1.29, 1.82) is 0 Å². The summed E-state index contributed by atoms with van der Waals surface area (Å²) in [6.07, 6.45) is 0.820. The van der Waals surface area contributed by atoms with Crippen LogP contribution in [0.4, 0.5) is 11.4 Å². The lowest BCUT2D eigenvalue weighted by Gasteiger charge is -2.19.